The highest BCUT2D eigenvalue weighted by molar-refractivity contribution is 9.10. The van der Waals surface area contributed by atoms with Gasteiger partial charge in [-0.3, -0.25) is 14.9 Å². The number of carbonyl (C=O) groups excluding carboxylic acids is 2. The van der Waals surface area contributed by atoms with E-state index in [0.717, 1.165) is 30.4 Å². The Morgan fingerprint density at radius 1 is 1.03 bits per heavy atom. The van der Waals surface area contributed by atoms with Crippen molar-refractivity contribution >= 4 is 39.1 Å². The quantitative estimate of drug-likeness (QED) is 0.672. The van der Waals surface area contributed by atoms with Gasteiger partial charge in [0.2, 0.25) is 11.8 Å². The number of piperidine rings is 2. The molecule has 2 N–H and O–H groups in total. The minimum absolute atomic E-state index is 0.263. The van der Waals surface area contributed by atoms with Gasteiger partial charge in [-0.1, -0.05) is 28.1 Å². The van der Waals surface area contributed by atoms with Crippen molar-refractivity contribution in [3.8, 4) is 0 Å². The highest BCUT2D eigenvalue weighted by Gasteiger charge is 2.27. The summed E-state index contributed by atoms with van der Waals surface area (Å²) in [6.07, 6.45) is 2.67. The Bertz CT molecular complexity index is 911. The van der Waals surface area contributed by atoms with Crippen LogP contribution in [0.5, 0.6) is 0 Å². The van der Waals surface area contributed by atoms with E-state index in [1.54, 1.807) is 12.1 Å². The smallest absolute Gasteiger partial charge is 0.249 e. The van der Waals surface area contributed by atoms with E-state index < -0.39 is 6.04 Å². The first-order valence-electron chi connectivity index (χ1n) is 9.90. The molecule has 1 unspecified atom stereocenters. The average Bonchev–Trinajstić information content (AvgIpc) is 2.71. The molecule has 0 saturated carbocycles. The Hall–Kier alpha value is -2.41. The molecule has 0 spiro atoms. The second-order valence-corrected chi connectivity index (χ2v) is 8.54. The Morgan fingerprint density at radius 3 is 2.41 bits per heavy atom. The molecule has 2 aromatic rings. The summed E-state index contributed by atoms with van der Waals surface area (Å²) in [6, 6.07) is 12.9. The molecule has 2 heterocycles. The maximum atomic E-state index is 14.8. The van der Waals surface area contributed by atoms with E-state index in [9.17, 15) is 14.0 Å². The number of hydrogen-bond donors (Lipinski definition) is 2. The molecule has 2 aliphatic heterocycles. The minimum Gasteiger partial charge on any atom is -0.374 e. The van der Waals surface area contributed by atoms with E-state index >= 15 is 0 Å². The van der Waals surface area contributed by atoms with E-state index in [1.165, 1.54) is 11.6 Å². The lowest BCUT2D eigenvalue weighted by atomic mass is 9.89. The summed E-state index contributed by atoms with van der Waals surface area (Å²) in [4.78, 5) is 25.2. The number of rotatable bonds is 4. The molecule has 0 bridgehead atoms. The van der Waals surface area contributed by atoms with E-state index in [-0.39, 0.29) is 24.1 Å². The summed E-state index contributed by atoms with van der Waals surface area (Å²) in [7, 11) is 0. The monoisotopic (exact) mass is 459 g/mol. The summed E-state index contributed by atoms with van der Waals surface area (Å²) in [5.41, 5.74) is 2.47. The van der Waals surface area contributed by atoms with Crippen LogP contribution in [-0.2, 0) is 9.59 Å². The number of carbonyl (C=O) groups is 2. The highest BCUT2D eigenvalue weighted by atomic mass is 79.9. The van der Waals surface area contributed by atoms with Crippen molar-refractivity contribution in [3.63, 3.8) is 0 Å². The van der Waals surface area contributed by atoms with E-state index in [0.29, 0.717) is 23.7 Å². The molecule has 152 valence electrons. The Balaban J connectivity index is 1.38. The van der Waals surface area contributed by atoms with Gasteiger partial charge in [-0.25, -0.2) is 4.39 Å². The van der Waals surface area contributed by atoms with E-state index in [1.807, 2.05) is 0 Å². The van der Waals surface area contributed by atoms with Crippen molar-refractivity contribution in [3.05, 3.63) is 58.3 Å². The topological polar surface area (TPSA) is 61.4 Å². The van der Waals surface area contributed by atoms with Crippen LogP contribution in [0.15, 0.2) is 46.9 Å². The van der Waals surface area contributed by atoms with Gasteiger partial charge in [0.15, 0.2) is 0 Å². The van der Waals surface area contributed by atoms with Gasteiger partial charge in [-0.2, -0.15) is 0 Å². The highest BCUT2D eigenvalue weighted by Crippen LogP contribution is 2.33. The molecule has 0 aromatic heterocycles. The summed E-state index contributed by atoms with van der Waals surface area (Å²) in [6.45, 7) is 1.61. The van der Waals surface area contributed by atoms with Crippen LogP contribution in [0, 0.1) is 5.82 Å². The number of anilines is 2. The number of nitrogens with one attached hydrogen (secondary N) is 2. The SMILES string of the molecule is O=C1CCC(Nc2ccc(N3CCC(c4ccc(Br)cc4)CC3)c(F)c2)C(=O)N1. The van der Waals surface area contributed by atoms with Gasteiger partial charge in [0.1, 0.15) is 11.9 Å². The third kappa shape index (κ3) is 4.61. The van der Waals surface area contributed by atoms with Crippen molar-refractivity contribution in [2.45, 2.75) is 37.6 Å². The van der Waals surface area contributed by atoms with Gasteiger partial charge in [-0.05, 0) is 61.1 Å². The van der Waals surface area contributed by atoms with Crippen LogP contribution in [0.2, 0.25) is 0 Å². The van der Waals surface area contributed by atoms with Crippen LogP contribution in [0.25, 0.3) is 0 Å². The standard InChI is InChI=1S/C22H23BrFN3O2/c23-16-3-1-14(2-4-16)15-9-11-27(12-10-15)20-7-5-17(13-18(20)24)25-19-6-8-21(28)26-22(19)29/h1-5,7,13,15,19,25H,6,8-12H2,(H,26,28,29). The Kier molecular flexibility index (Phi) is 5.85. The van der Waals surface area contributed by atoms with E-state index in [4.69, 9.17) is 0 Å². The van der Waals surface area contributed by atoms with Crippen molar-refractivity contribution in [2.75, 3.05) is 23.3 Å². The molecular weight excluding hydrogens is 437 g/mol. The zero-order chi connectivity index (χ0) is 20.4. The summed E-state index contributed by atoms with van der Waals surface area (Å²) < 4.78 is 15.8. The number of nitrogens with zero attached hydrogens (tertiary/aromatic N) is 1. The minimum atomic E-state index is -0.514. The van der Waals surface area contributed by atoms with Crippen LogP contribution in [0.3, 0.4) is 0 Å². The largest absolute Gasteiger partial charge is 0.374 e. The molecule has 2 amide bonds. The molecule has 2 aliphatic rings. The Labute approximate surface area is 177 Å². The van der Waals surface area contributed by atoms with Crippen LogP contribution in [0.1, 0.15) is 37.2 Å². The third-order valence-corrected chi connectivity index (χ3v) is 6.23. The fourth-order valence-electron chi connectivity index (χ4n) is 4.07. The number of benzene rings is 2. The molecule has 4 rings (SSSR count). The number of imide groups is 1. The molecule has 0 aliphatic carbocycles. The van der Waals surface area contributed by atoms with E-state index in [2.05, 4.69) is 55.7 Å². The molecule has 1 atom stereocenters. The number of amides is 2. The molecule has 2 aromatic carbocycles. The first-order chi connectivity index (χ1) is 14.0. The zero-order valence-corrected chi connectivity index (χ0v) is 17.5. The zero-order valence-electron chi connectivity index (χ0n) is 16.0. The van der Waals surface area contributed by atoms with Gasteiger partial charge in [0, 0.05) is 29.7 Å². The third-order valence-electron chi connectivity index (χ3n) is 5.70. The predicted octanol–water partition coefficient (Wildman–Crippen LogP) is 4.19. The van der Waals surface area contributed by atoms with Crippen molar-refractivity contribution in [1.82, 2.24) is 5.32 Å². The fraction of sp³-hybridized carbons (Fsp3) is 0.364. The lowest BCUT2D eigenvalue weighted by molar-refractivity contribution is -0.133. The molecule has 2 saturated heterocycles. The van der Waals surface area contributed by atoms with Gasteiger partial charge in [0.05, 0.1) is 5.69 Å². The molecular formula is C22H23BrFN3O2. The van der Waals surface area contributed by atoms with Crippen LogP contribution in [0.4, 0.5) is 15.8 Å². The maximum absolute atomic E-state index is 14.8. The molecule has 2 fully saturated rings. The Morgan fingerprint density at radius 2 is 1.76 bits per heavy atom. The van der Waals surface area contributed by atoms with Crippen LogP contribution >= 0.6 is 15.9 Å². The predicted molar refractivity (Wildman–Crippen MR) is 115 cm³/mol. The lowest BCUT2D eigenvalue weighted by Gasteiger charge is -2.34. The normalized spacial score (nSPS) is 20.5. The molecule has 0 radical (unpaired) electrons. The lowest BCUT2D eigenvalue weighted by Crippen LogP contribution is -2.47. The summed E-state index contributed by atoms with van der Waals surface area (Å²) >= 11 is 3.47. The second kappa shape index (κ2) is 8.53. The van der Waals surface area contributed by atoms with Gasteiger partial charge in [-0.15, -0.1) is 0 Å². The fourth-order valence-corrected chi connectivity index (χ4v) is 4.34. The molecule has 7 heteroatoms. The van der Waals surface area contributed by atoms with Crippen molar-refractivity contribution < 1.29 is 14.0 Å². The molecule has 5 nitrogen and oxygen atoms in total. The van der Waals surface area contributed by atoms with Crippen LogP contribution in [-0.4, -0.2) is 30.9 Å². The summed E-state index contributed by atoms with van der Waals surface area (Å²) in [5.74, 6) is -0.429. The van der Waals surface area contributed by atoms with Crippen molar-refractivity contribution in [1.29, 1.82) is 0 Å². The number of halogens is 2. The molecule has 29 heavy (non-hydrogen) atoms. The summed E-state index contributed by atoms with van der Waals surface area (Å²) in [5, 5.41) is 5.33. The second-order valence-electron chi connectivity index (χ2n) is 7.63. The van der Waals surface area contributed by atoms with Crippen LogP contribution < -0.4 is 15.5 Å². The maximum Gasteiger partial charge on any atom is 0.249 e. The number of hydrogen-bond acceptors (Lipinski definition) is 4. The van der Waals surface area contributed by atoms with Gasteiger partial charge in [0.25, 0.3) is 0 Å². The van der Waals surface area contributed by atoms with Gasteiger partial charge >= 0.3 is 0 Å². The van der Waals surface area contributed by atoms with Gasteiger partial charge < -0.3 is 10.2 Å². The average molecular weight is 460 g/mol. The first kappa shape index (κ1) is 19.9. The first-order valence-corrected chi connectivity index (χ1v) is 10.7. The van der Waals surface area contributed by atoms with Crippen molar-refractivity contribution in [2.24, 2.45) is 0 Å².